The zero-order chi connectivity index (χ0) is 18.1. The summed E-state index contributed by atoms with van der Waals surface area (Å²) in [5, 5.41) is 0.733. The number of rotatable bonds is 4. The van der Waals surface area contributed by atoms with Crippen molar-refractivity contribution < 1.29 is 14.3 Å². The molecule has 0 bridgehead atoms. The maximum Gasteiger partial charge on any atom is 0.274 e. The molecule has 1 aromatic carbocycles. The maximum atomic E-state index is 13.3. The Morgan fingerprint density at radius 2 is 2.04 bits per heavy atom. The average Bonchev–Trinajstić information content (AvgIpc) is 3.08. The molecule has 1 aliphatic heterocycles. The monoisotopic (exact) mass is 370 g/mol. The quantitative estimate of drug-likeness (QED) is 0.769. The minimum absolute atomic E-state index is 0.141. The van der Waals surface area contributed by atoms with Crippen molar-refractivity contribution in [3.63, 3.8) is 0 Å². The van der Waals surface area contributed by atoms with Crippen LogP contribution in [0.5, 0.6) is 11.5 Å². The van der Waals surface area contributed by atoms with E-state index in [4.69, 9.17) is 14.5 Å². The summed E-state index contributed by atoms with van der Waals surface area (Å²) in [5.41, 5.74) is 1.14. The molecule has 5 nitrogen and oxygen atoms in total. The molecule has 136 valence electrons. The van der Waals surface area contributed by atoms with Crippen LogP contribution in [0.3, 0.4) is 0 Å². The molecule has 2 atom stereocenters. The number of aromatic nitrogens is 1. The highest BCUT2D eigenvalue weighted by Gasteiger charge is 2.38. The van der Waals surface area contributed by atoms with E-state index in [0.717, 1.165) is 23.7 Å². The van der Waals surface area contributed by atoms with Crippen molar-refractivity contribution in [1.82, 2.24) is 4.98 Å². The Bertz CT molecular complexity index is 809. The standard InChI is InChI=1S/C20H22N2O3S/c1-3-12-22(20-21-14-8-4-7-11-17(14)26-20)19(23)18-13(2)24-15-9-5-6-10-16(15)25-18/h3,5-6,9-10,13,18H,1,4,7-8,11-12H2,2H3. The van der Waals surface area contributed by atoms with Gasteiger partial charge < -0.3 is 9.47 Å². The number of hydrogen-bond donors (Lipinski definition) is 0. The number of amides is 1. The largest absolute Gasteiger partial charge is 0.482 e. The van der Waals surface area contributed by atoms with E-state index in [1.807, 2.05) is 31.2 Å². The predicted octanol–water partition coefficient (Wildman–Crippen LogP) is 3.77. The van der Waals surface area contributed by atoms with Gasteiger partial charge in [0.15, 0.2) is 16.6 Å². The third-order valence-electron chi connectivity index (χ3n) is 4.73. The summed E-state index contributed by atoms with van der Waals surface area (Å²) in [5.74, 6) is 1.13. The van der Waals surface area contributed by atoms with E-state index in [2.05, 4.69) is 6.58 Å². The van der Waals surface area contributed by atoms with Gasteiger partial charge in [-0.1, -0.05) is 18.2 Å². The highest BCUT2D eigenvalue weighted by molar-refractivity contribution is 7.16. The predicted molar refractivity (Wildman–Crippen MR) is 102 cm³/mol. The van der Waals surface area contributed by atoms with Gasteiger partial charge in [0.25, 0.3) is 5.91 Å². The Balaban J connectivity index is 1.61. The lowest BCUT2D eigenvalue weighted by molar-refractivity contribution is -0.130. The van der Waals surface area contributed by atoms with Crippen molar-refractivity contribution in [2.24, 2.45) is 0 Å². The van der Waals surface area contributed by atoms with Crippen LogP contribution >= 0.6 is 11.3 Å². The van der Waals surface area contributed by atoms with Crippen LogP contribution in [0.2, 0.25) is 0 Å². The van der Waals surface area contributed by atoms with E-state index in [9.17, 15) is 4.79 Å². The Morgan fingerprint density at radius 1 is 1.31 bits per heavy atom. The molecule has 0 saturated carbocycles. The molecule has 2 unspecified atom stereocenters. The van der Waals surface area contributed by atoms with E-state index in [1.54, 1.807) is 22.3 Å². The number of anilines is 1. The molecule has 6 heteroatoms. The van der Waals surface area contributed by atoms with Crippen LogP contribution in [0.4, 0.5) is 5.13 Å². The van der Waals surface area contributed by atoms with Crippen molar-refractivity contribution in [2.75, 3.05) is 11.4 Å². The molecule has 4 rings (SSSR count). The van der Waals surface area contributed by atoms with Gasteiger partial charge in [0, 0.05) is 11.4 Å². The topological polar surface area (TPSA) is 51.7 Å². The number of hydrogen-bond acceptors (Lipinski definition) is 5. The summed E-state index contributed by atoms with van der Waals surface area (Å²) < 4.78 is 11.9. The summed E-state index contributed by atoms with van der Waals surface area (Å²) >= 11 is 1.61. The minimum atomic E-state index is -0.703. The number of nitrogens with zero attached hydrogens (tertiary/aromatic N) is 2. The molecular weight excluding hydrogens is 348 g/mol. The first-order valence-electron chi connectivity index (χ1n) is 9.00. The molecule has 1 aromatic heterocycles. The molecule has 26 heavy (non-hydrogen) atoms. The van der Waals surface area contributed by atoms with E-state index < -0.39 is 6.10 Å². The zero-order valence-corrected chi connectivity index (χ0v) is 15.6. The number of para-hydroxylation sites is 2. The molecular formula is C20H22N2O3S. The van der Waals surface area contributed by atoms with Crippen molar-refractivity contribution >= 4 is 22.4 Å². The third kappa shape index (κ3) is 3.09. The fraction of sp³-hybridized carbons (Fsp3) is 0.400. The molecule has 0 radical (unpaired) electrons. The Morgan fingerprint density at radius 3 is 2.77 bits per heavy atom. The highest BCUT2D eigenvalue weighted by atomic mass is 32.1. The molecule has 1 aliphatic carbocycles. The fourth-order valence-corrected chi connectivity index (χ4v) is 4.55. The van der Waals surface area contributed by atoms with Gasteiger partial charge in [-0.15, -0.1) is 17.9 Å². The lowest BCUT2D eigenvalue weighted by Crippen LogP contribution is -2.51. The summed E-state index contributed by atoms with van der Waals surface area (Å²) in [6.07, 6.45) is 5.05. The van der Waals surface area contributed by atoms with E-state index >= 15 is 0 Å². The fourth-order valence-electron chi connectivity index (χ4n) is 3.39. The Hall–Kier alpha value is -2.34. The summed E-state index contributed by atoms with van der Waals surface area (Å²) in [7, 11) is 0. The van der Waals surface area contributed by atoms with Crippen molar-refractivity contribution in [1.29, 1.82) is 0 Å². The number of ether oxygens (including phenoxy) is 2. The molecule has 0 spiro atoms. The van der Waals surface area contributed by atoms with Crippen molar-refractivity contribution in [2.45, 2.75) is 44.8 Å². The number of carbonyl (C=O) groups excluding carboxylic acids is 1. The van der Waals surface area contributed by atoms with Crippen molar-refractivity contribution in [3.8, 4) is 11.5 Å². The zero-order valence-electron chi connectivity index (χ0n) is 14.8. The van der Waals surface area contributed by atoms with Crippen LogP contribution in [-0.2, 0) is 17.6 Å². The van der Waals surface area contributed by atoms with Gasteiger partial charge in [-0.2, -0.15) is 0 Å². The first-order valence-corrected chi connectivity index (χ1v) is 9.82. The number of thiazole rings is 1. The van der Waals surface area contributed by atoms with Crippen LogP contribution in [0.1, 0.15) is 30.3 Å². The van der Waals surface area contributed by atoms with Crippen molar-refractivity contribution in [3.05, 3.63) is 47.5 Å². The molecule has 0 saturated heterocycles. The van der Waals surface area contributed by atoms with Gasteiger partial charge in [-0.05, 0) is 44.7 Å². The molecule has 2 heterocycles. The average molecular weight is 370 g/mol. The van der Waals surface area contributed by atoms with Crippen LogP contribution in [0.25, 0.3) is 0 Å². The van der Waals surface area contributed by atoms with Gasteiger partial charge in [0.05, 0.1) is 5.69 Å². The van der Waals surface area contributed by atoms with E-state index in [1.165, 1.54) is 17.7 Å². The number of aryl methyl sites for hydroxylation is 2. The molecule has 0 fully saturated rings. The van der Waals surface area contributed by atoms with E-state index in [-0.39, 0.29) is 12.0 Å². The molecule has 0 N–H and O–H groups in total. The van der Waals surface area contributed by atoms with Crippen LogP contribution in [0.15, 0.2) is 36.9 Å². The van der Waals surface area contributed by atoms with Gasteiger partial charge in [-0.25, -0.2) is 4.98 Å². The molecule has 2 aromatic rings. The van der Waals surface area contributed by atoms with Gasteiger partial charge in [-0.3, -0.25) is 9.69 Å². The lowest BCUT2D eigenvalue weighted by Gasteiger charge is -2.33. The summed E-state index contributed by atoms with van der Waals surface area (Å²) in [6.45, 7) is 6.06. The number of benzene rings is 1. The lowest BCUT2D eigenvalue weighted by atomic mass is 10.0. The minimum Gasteiger partial charge on any atom is -0.482 e. The molecule has 2 aliphatic rings. The maximum absolute atomic E-state index is 13.3. The second kappa shape index (κ2) is 7.11. The smallest absolute Gasteiger partial charge is 0.274 e. The van der Waals surface area contributed by atoms with Crippen LogP contribution in [-0.4, -0.2) is 29.6 Å². The first kappa shape index (κ1) is 17.1. The van der Waals surface area contributed by atoms with E-state index in [0.29, 0.717) is 18.0 Å². The Kier molecular flexibility index (Phi) is 4.68. The second-order valence-electron chi connectivity index (χ2n) is 6.62. The number of carbonyl (C=O) groups is 1. The highest BCUT2D eigenvalue weighted by Crippen LogP contribution is 2.36. The summed E-state index contributed by atoms with van der Waals surface area (Å²) in [6, 6.07) is 7.43. The number of fused-ring (bicyclic) bond motifs is 2. The SMILES string of the molecule is C=CCN(C(=O)C1Oc2ccccc2OC1C)c1nc2c(s1)CCCC2. The first-order chi connectivity index (χ1) is 12.7. The van der Waals surface area contributed by atoms with Gasteiger partial charge in [0.2, 0.25) is 6.10 Å². The van der Waals surface area contributed by atoms with Crippen LogP contribution < -0.4 is 14.4 Å². The van der Waals surface area contributed by atoms with Gasteiger partial charge >= 0.3 is 0 Å². The summed E-state index contributed by atoms with van der Waals surface area (Å²) in [4.78, 5) is 21.0. The van der Waals surface area contributed by atoms with Crippen LogP contribution in [0, 0.1) is 0 Å². The second-order valence-corrected chi connectivity index (χ2v) is 7.68. The Labute approximate surface area is 157 Å². The van der Waals surface area contributed by atoms with Gasteiger partial charge in [0.1, 0.15) is 6.10 Å². The normalized spacial score (nSPS) is 21.0. The molecule has 1 amide bonds. The third-order valence-corrected chi connectivity index (χ3v) is 5.91.